The predicted octanol–water partition coefficient (Wildman–Crippen LogP) is 2.91. The highest BCUT2D eigenvalue weighted by atomic mass is 16.6. The lowest BCUT2D eigenvalue weighted by Crippen LogP contribution is -2.18. The summed E-state index contributed by atoms with van der Waals surface area (Å²) in [4.78, 5) is 10.5. The first-order valence-corrected chi connectivity index (χ1v) is 6.18. The van der Waals surface area contributed by atoms with Crippen LogP contribution in [0, 0.1) is 10.1 Å². The standard InChI is InChI=1S/C15H13N2O2/c18-17(19)15-7-3-6-14(10-15)16-9-8-12-4-1-2-5-13(12)11-16/h1-7,10-11H,8-9H2/q+1. The molecule has 19 heavy (non-hydrogen) atoms. The van der Waals surface area contributed by atoms with E-state index in [9.17, 15) is 10.1 Å². The second-order valence-electron chi connectivity index (χ2n) is 4.55. The lowest BCUT2D eigenvalue weighted by atomic mass is 10.0. The summed E-state index contributed by atoms with van der Waals surface area (Å²) < 4.78 is 2.06. The molecule has 1 heterocycles. The number of benzene rings is 2. The van der Waals surface area contributed by atoms with Gasteiger partial charge in [-0.25, -0.2) is 0 Å². The highest BCUT2D eigenvalue weighted by molar-refractivity contribution is 5.79. The van der Waals surface area contributed by atoms with Crippen molar-refractivity contribution in [3.63, 3.8) is 0 Å². The number of fused-ring (bicyclic) bond motifs is 1. The summed E-state index contributed by atoms with van der Waals surface area (Å²) in [5, 5.41) is 10.8. The van der Waals surface area contributed by atoms with Crippen LogP contribution >= 0.6 is 0 Å². The molecular formula is C15H13N2O2+. The normalized spacial score (nSPS) is 13.6. The minimum atomic E-state index is -0.360. The molecule has 0 aromatic heterocycles. The van der Waals surface area contributed by atoms with Crippen molar-refractivity contribution in [2.75, 3.05) is 6.54 Å². The van der Waals surface area contributed by atoms with Crippen LogP contribution in [0.25, 0.3) is 0 Å². The van der Waals surface area contributed by atoms with Gasteiger partial charge in [0.05, 0.1) is 11.0 Å². The molecule has 4 heteroatoms. The molecule has 0 spiro atoms. The molecule has 0 atom stereocenters. The molecule has 1 aliphatic rings. The fourth-order valence-corrected chi connectivity index (χ4v) is 2.35. The van der Waals surface area contributed by atoms with Gasteiger partial charge in [-0.1, -0.05) is 18.2 Å². The van der Waals surface area contributed by atoms with Crippen LogP contribution in [0.5, 0.6) is 0 Å². The minimum absolute atomic E-state index is 0.129. The lowest BCUT2D eigenvalue weighted by Gasteiger charge is -2.11. The summed E-state index contributed by atoms with van der Waals surface area (Å²) >= 11 is 0. The van der Waals surface area contributed by atoms with E-state index in [1.54, 1.807) is 12.1 Å². The van der Waals surface area contributed by atoms with Crippen LogP contribution in [-0.4, -0.2) is 22.3 Å². The van der Waals surface area contributed by atoms with Crippen molar-refractivity contribution < 1.29 is 9.50 Å². The van der Waals surface area contributed by atoms with E-state index in [2.05, 4.69) is 22.9 Å². The van der Waals surface area contributed by atoms with Crippen LogP contribution < -0.4 is 0 Å². The van der Waals surface area contributed by atoms with Crippen LogP contribution in [0.4, 0.5) is 11.4 Å². The fraction of sp³-hybridized carbons (Fsp3) is 0.133. The number of rotatable bonds is 2. The maximum absolute atomic E-state index is 10.8. The van der Waals surface area contributed by atoms with Crippen molar-refractivity contribution in [3.8, 4) is 0 Å². The van der Waals surface area contributed by atoms with E-state index in [1.807, 2.05) is 18.2 Å². The summed E-state index contributed by atoms with van der Waals surface area (Å²) in [6, 6.07) is 15.0. The third-order valence-electron chi connectivity index (χ3n) is 3.34. The molecule has 1 aliphatic heterocycles. The van der Waals surface area contributed by atoms with E-state index in [-0.39, 0.29) is 10.6 Å². The molecule has 3 rings (SSSR count). The molecule has 0 saturated carbocycles. The van der Waals surface area contributed by atoms with Crippen molar-refractivity contribution in [1.29, 1.82) is 0 Å². The highest BCUT2D eigenvalue weighted by Crippen LogP contribution is 2.22. The van der Waals surface area contributed by atoms with Gasteiger partial charge in [0, 0.05) is 24.1 Å². The number of non-ortho nitro benzene ring substituents is 1. The van der Waals surface area contributed by atoms with Crippen LogP contribution in [0.1, 0.15) is 11.1 Å². The summed E-state index contributed by atoms with van der Waals surface area (Å²) in [6.45, 7) is 0.845. The van der Waals surface area contributed by atoms with Crippen molar-refractivity contribution in [1.82, 2.24) is 0 Å². The molecule has 0 aliphatic carbocycles. The Bertz CT molecular complexity index is 677. The smallest absolute Gasteiger partial charge is 0.258 e. The Kier molecular flexibility index (Phi) is 2.83. The second kappa shape index (κ2) is 4.65. The Morgan fingerprint density at radius 1 is 1.11 bits per heavy atom. The molecular weight excluding hydrogens is 240 g/mol. The molecule has 0 bridgehead atoms. The summed E-state index contributed by atoms with van der Waals surface area (Å²) in [6.07, 6.45) is 3.01. The van der Waals surface area contributed by atoms with E-state index in [0.717, 1.165) is 18.7 Å². The minimum Gasteiger partial charge on any atom is -0.258 e. The zero-order valence-corrected chi connectivity index (χ0v) is 10.3. The van der Waals surface area contributed by atoms with Gasteiger partial charge in [0.25, 0.3) is 5.69 Å². The van der Waals surface area contributed by atoms with E-state index < -0.39 is 0 Å². The Morgan fingerprint density at radius 3 is 2.79 bits per heavy atom. The van der Waals surface area contributed by atoms with Gasteiger partial charge in [-0.05, 0) is 17.7 Å². The van der Waals surface area contributed by atoms with Gasteiger partial charge in [-0.2, -0.15) is 4.58 Å². The zero-order chi connectivity index (χ0) is 13.2. The van der Waals surface area contributed by atoms with E-state index in [1.165, 1.54) is 17.2 Å². The third kappa shape index (κ3) is 2.25. The van der Waals surface area contributed by atoms with Gasteiger partial charge >= 0.3 is 0 Å². The summed E-state index contributed by atoms with van der Waals surface area (Å²) in [5.41, 5.74) is 3.50. The van der Waals surface area contributed by atoms with Gasteiger partial charge in [-0.3, -0.25) is 10.1 Å². The molecule has 0 N–H and O–H groups in total. The van der Waals surface area contributed by atoms with E-state index >= 15 is 0 Å². The average Bonchev–Trinajstić information content (AvgIpc) is 2.47. The zero-order valence-electron chi connectivity index (χ0n) is 10.3. The summed E-state index contributed by atoms with van der Waals surface area (Å²) in [7, 11) is 0. The molecule has 4 nitrogen and oxygen atoms in total. The van der Waals surface area contributed by atoms with Gasteiger partial charge in [-0.15, -0.1) is 0 Å². The van der Waals surface area contributed by atoms with Crippen LogP contribution in [0.3, 0.4) is 0 Å². The largest absolute Gasteiger partial charge is 0.276 e. The lowest BCUT2D eigenvalue weighted by molar-refractivity contribution is -0.437. The molecule has 2 aromatic carbocycles. The highest BCUT2D eigenvalue weighted by Gasteiger charge is 2.19. The monoisotopic (exact) mass is 253 g/mol. The van der Waals surface area contributed by atoms with Gasteiger partial charge < -0.3 is 0 Å². The Balaban J connectivity index is 2.02. The topological polar surface area (TPSA) is 46.1 Å². The Hall–Kier alpha value is -2.49. The van der Waals surface area contributed by atoms with Crippen molar-refractivity contribution in [2.45, 2.75) is 6.42 Å². The first-order valence-electron chi connectivity index (χ1n) is 6.18. The molecule has 0 saturated heterocycles. The third-order valence-corrected chi connectivity index (χ3v) is 3.34. The predicted molar refractivity (Wildman–Crippen MR) is 73.2 cm³/mol. The SMILES string of the molecule is O=[N+]([O-])c1cccc([N+]2=Cc3ccccc3CC2)c1. The van der Waals surface area contributed by atoms with Crippen LogP contribution in [-0.2, 0) is 6.42 Å². The maximum Gasteiger partial charge on any atom is 0.276 e. The number of nitrogens with zero attached hydrogens (tertiary/aromatic N) is 2. The quantitative estimate of drug-likeness (QED) is 0.469. The molecule has 2 aromatic rings. The van der Waals surface area contributed by atoms with E-state index in [4.69, 9.17) is 0 Å². The average molecular weight is 253 g/mol. The summed E-state index contributed by atoms with van der Waals surface area (Å²) in [5.74, 6) is 0. The van der Waals surface area contributed by atoms with E-state index in [0.29, 0.717) is 0 Å². The van der Waals surface area contributed by atoms with Crippen molar-refractivity contribution >= 4 is 17.6 Å². The van der Waals surface area contributed by atoms with Crippen LogP contribution in [0.15, 0.2) is 48.5 Å². The Morgan fingerprint density at radius 2 is 1.95 bits per heavy atom. The van der Waals surface area contributed by atoms with Crippen molar-refractivity contribution in [2.24, 2.45) is 0 Å². The fourth-order valence-electron chi connectivity index (χ4n) is 2.35. The molecule has 0 radical (unpaired) electrons. The number of nitro groups is 1. The number of hydrogen-bond donors (Lipinski definition) is 0. The molecule has 0 amide bonds. The number of nitro benzene ring substituents is 1. The van der Waals surface area contributed by atoms with Gasteiger partial charge in [0.15, 0.2) is 12.8 Å². The first kappa shape index (κ1) is 11.6. The van der Waals surface area contributed by atoms with Gasteiger partial charge in [0.2, 0.25) is 5.69 Å². The van der Waals surface area contributed by atoms with Gasteiger partial charge in [0.1, 0.15) is 0 Å². The Labute approximate surface area is 110 Å². The van der Waals surface area contributed by atoms with Crippen molar-refractivity contribution in [3.05, 3.63) is 69.8 Å². The molecule has 0 unspecified atom stereocenters. The number of hydrogen-bond acceptors (Lipinski definition) is 2. The second-order valence-corrected chi connectivity index (χ2v) is 4.55. The molecule has 0 fully saturated rings. The molecule has 94 valence electrons. The van der Waals surface area contributed by atoms with Crippen LogP contribution in [0.2, 0.25) is 0 Å². The maximum atomic E-state index is 10.8. The first-order chi connectivity index (χ1) is 9.24.